The maximum Gasteiger partial charge on any atom is 0.388 e. The van der Waals surface area contributed by atoms with E-state index in [2.05, 4.69) is 14.8 Å². The molecule has 0 atom stereocenters. The Morgan fingerprint density at radius 1 is 1.42 bits per heavy atom. The summed E-state index contributed by atoms with van der Waals surface area (Å²) in [6.45, 7) is -3.02. The first-order chi connectivity index (χ1) is 8.90. The second-order valence-electron chi connectivity index (χ2n) is 3.49. The fourth-order valence-corrected chi connectivity index (χ4v) is 2.00. The topological polar surface area (TPSA) is 60.2 Å². The highest BCUT2D eigenvalue weighted by Crippen LogP contribution is 2.38. The van der Waals surface area contributed by atoms with Gasteiger partial charge in [0.05, 0.1) is 5.02 Å². The minimum atomic E-state index is -3.02. The predicted molar refractivity (Wildman–Crippen MR) is 64.8 cm³/mol. The summed E-state index contributed by atoms with van der Waals surface area (Å²) < 4.78 is 29.8. The van der Waals surface area contributed by atoms with Gasteiger partial charge in [0, 0.05) is 24.9 Å². The Kier molecular flexibility index (Phi) is 3.77. The second-order valence-corrected chi connectivity index (χ2v) is 4.28. The van der Waals surface area contributed by atoms with Crippen LogP contribution in [-0.2, 0) is 7.05 Å². The van der Waals surface area contributed by atoms with Crippen molar-refractivity contribution in [3.05, 3.63) is 22.3 Å². The molecule has 0 bridgehead atoms. The number of hydrogen-bond donors (Lipinski definition) is 1. The SMILES string of the molecule is Cn1nc(-c2cnc(O)cc2Cl)c(Cl)c1OC(F)F. The summed E-state index contributed by atoms with van der Waals surface area (Å²) in [7, 11) is 1.40. The average molecular weight is 310 g/mol. The van der Waals surface area contributed by atoms with Gasteiger partial charge in [0.1, 0.15) is 10.7 Å². The number of aryl methyl sites for hydroxylation is 1. The van der Waals surface area contributed by atoms with E-state index < -0.39 is 6.61 Å². The number of halogens is 4. The summed E-state index contributed by atoms with van der Waals surface area (Å²) in [4.78, 5) is 3.63. The summed E-state index contributed by atoms with van der Waals surface area (Å²) in [6.07, 6.45) is 1.23. The Morgan fingerprint density at radius 2 is 2.11 bits per heavy atom. The molecule has 9 heteroatoms. The molecule has 0 fully saturated rings. The molecule has 0 saturated heterocycles. The molecular formula is C10H7Cl2F2N3O2. The van der Waals surface area contributed by atoms with Crippen LogP contribution in [0.3, 0.4) is 0 Å². The number of ether oxygens (including phenoxy) is 1. The molecule has 1 N–H and O–H groups in total. The molecule has 2 aromatic heterocycles. The van der Waals surface area contributed by atoms with Crippen LogP contribution in [0.4, 0.5) is 8.78 Å². The van der Waals surface area contributed by atoms with Gasteiger partial charge < -0.3 is 9.84 Å². The van der Waals surface area contributed by atoms with Gasteiger partial charge in [-0.1, -0.05) is 23.2 Å². The van der Waals surface area contributed by atoms with E-state index in [4.69, 9.17) is 28.3 Å². The summed E-state index contributed by atoms with van der Waals surface area (Å²) in [5.41, 5.74) is 0.432. The van der Waals surface area contributed by atoms with Crippen molar-refractivity contribution >= 4 is 23.2 Å². The molecule has 2 aromatic rings. The maximum absolute atomic E-state index is 12.2. The van der Waals surface area contributed by atoms with Gasteiger partial charge in [-0.3, -0.25) is 0 Å². The minimum Gasteiger partial charge on any atom is -0.493 e. The van der Waals surface area contributed by atoms with Gasteiger partial charge in [0.15, 0.2) is 0 Å². The van der Waals surface area contributed by atoms with Crippen molar-refractivity contribution in [3.8, 4) is 23.0 Å². The van der Waals surface area contributed by atoms with E-state index in [9.17, 15) is 8.78 Å². The lowest BCUT2D eigenvalue weighted by molar-refractivity contribution is -0.0552. The molecule has 0 aliphatic heterocycles. The number of aromatic nitrogens is 3. The van der Waals surface area contributed by atoms with Crippen molar-refractivity contribution in [3.63, 3.8) is 0 Å². The van der Waals surface area contributed by atoms with Gasteiger partial charge in [0.25, 0.3) is 0 Å². The molecule has 0 unspecified atom stereocenters. The number of hydrogen-bond acceptors (Lipinski definition) is 4. The summed E-state index contributed by atoms with van der Waals surface area (Å²) >= 11 is 11.8. The van der Waals surface area contributed by atoms with Crippen LogP contribution in [0.1, 0.15) is 0 Å². The molecular weight excluding hydrogens is 303 g/mol. The molecule has 0 aliphatic rings. The number of rotatable bonds is 3. The van der Waals surface area contributed by atoms with E-state index in [1.807, 2.05) is 0 Å². The Hall–Kier alpha value is -1.60. The van der Waals surface area contributed by atoms with Crippen LogP contribution in [0, 0.1) is 0 Å². The average Bonchev–Trinajstić information content (AvgIpc) is 2.57. The number of pyridine rings is 1. The maximum atomic E-state index is 12.2. The van der Waals surface area contributed by atoms with Crippen LogP contribution in [0.2, 0.25) is 10.0 Å². The van der Waals surface area contributed by atoms with Crippen molar-refractivity contribution in [1.29, 1.82) is 0 Å². The van der Waals surface area contributed by atoms with Gasteiger partial charge in [0.2, 0.25) is 11.8 Å². The first-order valence-electron chi connectivity index (χ1n) is 4.92. The van der Waals surface area contributed by atoms with E-state index in [1.165, 1.54) is 19.3 Å². The molecule has 19 heavy (non-hydrogen) atoms. The lowest BCUT2D eigenvalue weighted by Gasteiger charge is -2.04. The van der Waals surface area contributed by atoms with Crippen LogP contribution in [0.5, 0.6) is 11.8 Å². The third-order valence-electron chi connectivity index (χ3n) is 2.23. The molecule has 0 aliphatic carbocycles. The molecule has 0 saturated carbocycles. The van der Waals surface area contributed by atoms with E-state index in [0.29, 0.717) is 5.56 Å². The van der Waals surface area contributed by atoms with Crippen molar-refractivity contribution < 1.29 is 18.6 Å². The molecule has 102 valence electrons. The predicted octanol–water partition coefficient (Wildman–Crippen LogP) is 3.10. The zero-order valence-corrected chi connectivity index (χ0v) is 11.0. The zero-order chi connectivity index (χ0) is 14.2. The highest BCUT2D eigenvalue weighted by Gasteiger charge is 2.22. The number of alkyl halides is 2. The fourth-order valence-electron chi connectivity index (χ4n) is 1.46. The van der Waals surface area contributed by atoms with Crippen LogP contribution < -0.4 is 4.74 Å². The van der Waals surface area contributed by atoms with Gasteiger partial charge in [-0.25, -0.2) is 9.67 Å². The highest BCUT2D eigenvalue weighted by atomic mass is 35.5. The number of aromatic hydroxyl groups is 1. The van der Waals surface area contributed by atoms with Gasteiger partial charge in [-0.05, 0) is 0 Å². The monoisotopic (exact) mass is 309 g/mol. The Bertz CT molecular complexity index is 619. The number of nitrogens with zero attached hydrogens (tertiary/aromatic N) is 3. The minimum absolute atomic E-state index is 0.114. The molecule has 0 spiro atoms. The third-order valence-corrected chi connectivity index (χ3v) is 2.89. The van der Waals surface area contributed by atoms with Crippen molar-refractivity contribution in [2.45, 2.75) is 6.61 Å². The Balaban J connectivity index is 2.51. The normalized spacial score (nSPS) is 11.1. The Labute approximate surface area is 116 Å². The first-order valence-corrected chi connectivity index (χ1v) is 5.68. The summed E-state index contributed by atoms with van der Waals surface area (Å²) in [5, 5.41) is 13.1. The van der Waals surface area contributed by atoms with Crippen LogP contribution in [0.25, 0.3) is 11.3 Å². The van der Waals surface area contributed by atoms with Gasteiger partial charge in [-0.15, -0.1) is 0 Å². The Morgan fingerprint density at radius 3 is 2.68 bits per heavy atom. The zero-order valence-electron chi connectivity index (χ0n) is 9.44. The van der Waals surface area contributed by atoms with Gasteiger partial charge >= 0.3 is 6.61 Å². The van der Waals surface area contributed by atoms with Crippen LogP contribution in [0.15, 0.2) is 12.3 Å². The molecule has 2 rings (SSSR count). The van der Waals surface area contributed by atoms with E-state index >= 15 is 0 Å². The van der Waals surface area contributed by atoms with Gasteiger partial charge in [-0.2, -0.15) is 13.9 Å². The van der Waals surface area contributed by atoms with Crippen molar-refractivity contribution in [1.82, 2.24) is 14.8 Å². The molecule has 0 radical (unpaired) electrons. The van der Waals surface area contributed by atoms with Crippen molar-refractivity contribution in [2.75, 3.05) is 0 Å². The molecule has 0 amide bonds. The van der Waals surface area contributed by atoms with Crippen LogP contribution >= 0.6 is 23.2 Å². The first kappa shape index (κ1) is 13.8. The molecule has 0 aromatic carbocycles. The molecule has 2 heterocycles. The van der Waals surface area contributed by atoms with E-state index in [0.717, 1.165) is 4.68 Å². The third kappa shape index (κ3) is 2.71. The lowest BCUT2D eigenvalue weighted by atomic mass is 10.2. The highest BCUT2D eigenvalue weighted by molar-refractivity contribution is 6.37. The molecule has 5 nitrogen and oxygen atoms in total. The summed E-state index contributed by atoms with van der Waals surface area (Å²) in [6, 6.07) is 1.19. The van der Waals surface area contributed by atoms with Crippen molar-refractivity contribution in [2.24, 2.45) is 7.05 Å². The van der Waals surface area contributed by atoms with E-state index in [1.54, 1.807) is 0 Å². The van der Waals surface area contributed by atoms with E-state index in [-0.39, 0.29) is 27.5 Å². The second kappa shape index (κ2) is 5.18. The fraction of sp³-hybridized carbons (Fsp3) is 0.200. The summed E-state index contributed by atoms with van der Waals surface area (Å²) in [5.74, 6) is -0.555. The smallest absolute Gasteiger partial charge is 0.388 e. The quantitative estimate of drug-likeness (QED) is 0.946. The van der Waals surface area contributed by atoms with Crippen LogP contribution in [-0.4, -0.2) is 26.5 Å². The largest absolute Gasteiger partial charge is 0.493 e. The lowest BCUT2D eigenvalue weighted by Crippen LogP contribution is -2.06. The standard InChI is InChI=1S/C10H7Cl2F2N3O2/c1-17-9(19-10(13)14)7(12)8(16-17)4-3-15-6(18)2-5(4)11/h2-3,10H,1H3,(H,15,18).